The summed E-state index contributed by atoms with van der Waals surface area (Å²) in [5, 5.41) is 0.405. The van der Waals surface area contributed by atoms with Crippen LogP contribution in [0, 0.1) is 0 Å². The van der Waals surface area contributed by atoms with Crippen molar-refractivity contribution in [2.75, 3.05) is 14.2 Å². The molecular weight excluding hydrogens is 216 g/mol. The monoisotopic (exact) mass is 230 g/mol. The van der Waals surface area contributed by atoms with Crippen LogP contribution in [0.15, 0.2) is 6.07 Å². The number of ether oxygens (including phenoxy) is 2. The predicted octanol–water partition coefficient (Wildman–Crippen LogP) is 2.54. The molecule has 1 aromatic heterocycles. The van der Waals surface area contributed by atoms with E-state index in [1.807, 2.05) is 13.8 Å². The molecule has 0 radical (unpaired) electrons. The van der Waals surface area contributed by atoms with E-state index in [2.05, 4.69) is 9.97 Å². The molecule has 0 spiro atoms. The summed E-state index contributed by atoms with van der Waals surface area (Å²) >= 11 is 5.89. The summed E-state index contributed by atoms with van der Waals surface area (Å²) < 4.78 is 10.3. The first kappa shape index (κ1) is 12.4. The Morgan fingerprint density at radius 1 is 1.13 bits per heavy atom. The maximum Gasteiger partial charge on any atom is 0.158 e. The summed E-state index contributed by atoms with van der Waals surface area (Å²) in [5.41, 5.74) is 0.761. The van der Waals surface area contributed by atoms with E-state index in [9.17, 15) is 0 Å². The van der Waals surface area contributed by atoms with Gasteiger partial charge < -0.3 is 9.47 Å². The van der Waals surface area contributed by atoms with Gasteiger partial charge in [-0.15, -0.1) is 0 Å². The van der Waals surface area contributed by atoms with E-state index in [4.69, 9.17) is 21.1 Å². The van der Waals surface area contributed by atoms with Gasteiger partial charge in [0.05, 0.1) is 11.8 Å². The highest BCUT2D eigenvalue weighted by atomic mass is 35.5. The third kappa shape index (κ3) is 3.12. The SMILES string of the molecule is CO[C@@H](C)c1nc(Cl)cc([C@@H](C)OC)n1. The average molecular weight is 231 g/mol. The minimum Gasteiger partial charge on any atom is -0.375 e. The average Bonchev–Trinajstić information content (AvgIpc) is 2.26. The molecule has 0 N–H and O–H groups in total. The molecule has 0 saturated heterocycles. The van der Waals surface area contributed by atoms with Crippen LogP contribution in [0.3, 0.4) is 0 Å². The molecule has 0 fully saturated rings. The summed E-state index contributed by atoms with van der Waals surface area (Å²) in [4.78, 5) is 8.42. The van der Waals surface area contributed by atoms with Gasteiger partial charge in [-0.05, 0) is 19.9 Å². The van der Waals surface area contributed by atoms with Crippen LogP contribution in [0.25, 0.3) is 0 Å². The lowest BCUT2D eigenvalue weighted by atomic mass is 10.2. The number of aromatic nitrogens is 2. The van der Waals surface area contributed by atoms with E-state index < -0.39 is 0 Å². The zero-order valence-electron chi connectivity index (χ0n) is 9.32. The first-order valence-corrected chi connectivity index (χ1v) is 5.06. The Kier molecular flexibility index (Phi) is 4.45. The summed E-state index contributed by atoms with van der Waals surface area (Å²) in [5.74, 6) is 0.573. The molecule has 0 unspecified atom stereocenters. The Bertz CT molecular complexity index is 305. The first-order valence-electron chi connectivity index (χ1n) is 4.68. The molecule has 0 saturated carbocycles. The fourth-order valence-electron chi connectivity index (χ4n) is 1.07. The number of nitrogens with zero attached hydrogens (tertiary/aromatic N) is 2. The van der Waals surface area contributed by atoms with Gasteiger partial charge >= 0.3 is 0 Å². The zero-order valence-corrected chi connectivity index (χ0v) is 10.1. The Morgan fingerprint density at radius 2 is 1.73 bits per heavy atom. The van der Waals surface area contributed by atoms with Gasteiger partial charge in [0.2, 0.25) is 0 Å². The number of methoxy groups -OCH3 is 2. The maximum absolute atomic E-state index is 5.89. The van der Waals surface area contributed by atoms with E-state index in [1.165, 1.54) is 0 Å². The lowest BCUT2D eigenvalue weighted by molar-refractivity contribution is 0.104. The summed E-state index contributed by atoms with van der Waals surface area (Å²) in [7, 11) is 3.23. The van der Waals surface area contributed by atoms with Gasteiger partial charge in [0, 0.05) is 14.2 Å². The van der Waals surface area contributed by atoms with Crippen molar-refractivity contribution in [1.82, 2.24) is 9.97 Å². The Hall–Kier alpha value is -0.710. The summed E-state index contributed by atoms with van der Waals surface area (Å²) in [6, 6.07) is 1.70. The number of halogens is 1. The van der Waals surface area contributed by atoms with Crippen molar-refractivity contribution in [2.24, 2.45) is 0 Å². The summed E-state index contributed by atoms with van der Waals surface area (Å²) in [6.07, 6.45) is -0.278. The fourth-order valence-corrected chi connectivity index (χ4v) is 1.27. The van der Waals surface area contributed by atoms with Crippen molar-refractivity contribution in [3.8, 4) is 0 Å². The van der Waals surface area contributed by atoms with Gasteiger partial charge in [-0.2, -0.15) is 0 Å². The van der Waals surface area contributed by atoms with Gasteiger partial charge in [0.1, 0.15) is 11.3 Å². The third-order valence-corrected chi connectivity index (χ3v) is 2.41. The molecule has 0 amide bonds. The molecule has 0 aliphatic heterocycles. The van der Waals surface area contributed by atoms with Gasteiger partial charge in [-0.3, -0.25) is 0 Å². The van der Waals surface area contributed by atoms with Crippen LogP contribution in [0.4, 0.5) is 0 Å². The van der Waals surface area contributed by atoms with Crippen molar-refractivity contribution >= 4 is 11.6 Å². The molecular formula is C10H15ClN2O2. The largest absolute Gasteiger partial charge is 0.375 e. The van der Waals surface area contributed by atoms with Crippen LogP contribution in [-0.2, 0) is 9.47 Å². The van der Waals surface area contributed by atoms with Gasteiger partial charge in [0.15, 0.2) is 5.82 Å². The topological polar surface area (TPSA) is 44.2 Å². The summed E-state index contributed by atoms with van der Waals surface area (Å²) in [6.45, 7) is 3.77. The maximum atomic E-state index is 5.89. The van der Waals surface area contributed by atoms with Crippen LogP contribution < -0.4 is 0 Å². The Labute approximate surface area is 94.6 Å². The standard InChI is InChI=1S/C10H15ClN2O2/c1-6(14-3)8-5-9(11)13-10(12-8)7(2)15-4/h5-7H,1-4H3/t6-,7+/m1/s1. The minimum absolute atomic E-state index is 0.103. The molecule has 84 valence electrons. The smallest absolute Gasteiger partial charge is 0.158 e. The quantitative estimate of drug-likeness (QED) is 0.746. The number of hydrogen-bond donors (Lipinski definition) is 0. The Morgan fingerprint density at radius 3 is 2.27 bits per heavy atom. The van der Waals surface area contributed by atoms with Crippen LogP contribution >= 0.6 is 11.6 Å². The van der Waals surface area contributed by atoms with Gasteiger partial charge in [-0.1, -0.05) is 11.6 Å². The van der Waals surface area contributed by atoms with E-state index in [1.54, 1.807) is 20.3 Å². The van der Waals surface area contributed by atoms with E-state index in [0.29, 0.717) is 11.0 Å². The second-order valence-electron chi connectivity index (χ2n) is 3.23. The van der Waals surface area contributed by atoms with Gasteiger partial charge in [0.25, 0.3) is 0 Å². The molecule has 1 rings (SSSR count). The van der Waals surface area contributed by atoms with E-state index in [-0.39, 0.29) is 12.2 Å². The van der Waals surface area contributed by atoms with Crippen LogP contribution in [0.1, 0.15) is 37.6 Å². The van der Waals surface area contributed by atoms with E-state index in [0.717, 1.165) is 5.69 Å². The number of rotatable bonds is 4. The lowest BCUT2D eigenvalue weighted by Gasteiger charge is -2.13. The van der Waals surface area contributed by atoms with Crippen molar-refractivity contribution < 1.29 is 9.47 Å². The first-order chi connectivity index (χ1) is 7.08. The van der Waals surface area contributed by atoms with Crippen molar-refractivity contribution in [2.45, 2.75) is 26.1 Å². The molecule has 1 heterocycles. The second kappa shape index (κ2) is 5.39. The molecule has 1 aromatic rings. The molecule has 15 heavy (non-hydrogen) atoms. The lowest BCUT2D eigenvalue weighted by Crippen LogP contribution is -2.08. The zero-order chi connectivity index (χ0) is 11.4. The van der Waals surface area contributed by atoms with Crippen LogP contribution in [-0.4, -0.2) is 24.2 Å². The fraction of sp³-hybridized carbons (Fsp3) is 0.600. The highest BCUT2D eigenvalue weighted by molar-refractivity contribution is 6.29. The Balaban J connectivity index is 3.04. The minimum atomic E-state index is -0.175. The molecule has 4 nitrogen and oxygen atoms in total. The van der Waals surface area contributed by atoms with Crippen LogP contribution in [0.5, 0.6) is 0 Å². The molecule has 0 bridgehead atoms. The van der Waals surface area contributed by atoms with Crippen molar-refractivity contribution in [3.63, 3.8) is 0 Å². The highest BCUT2D eigenvalue weighted by Gasteiger charge is 2.13. The van der Waals surface area contributed by atoms with E-state index >= 15 is 0 Å². The third-order valence-electron chi connectivity index (χ3n) is 2.22. The van der Waals surface area contributed by atoms with Crippen LogP contribution in [0.2, 0.25) is 5.15 Å². The molecule has 0 aliphatic carbocycles. The molecule has 5 heteroatoms. The molecule has 2 atom stereocenters. The molecule has 0 aliphatic rings. The normalized spacial score (nSPS) is 15.0. The van der Waals surface area contributed by atoms with Crippen molar-refractivity contribution in [3.05, 3.63) is 22.7 Å². The van der Waals surface area contributed by atoms with Gasteiger partial charge in [-0.25, -0.2) is 9.97 Å². The number of hydrogen-bond acceptors (Lipinski definition) is 4. The second-order valence-corrected chi connectivity index (χ2v) is 3.62. The van der Waals surface area contributed by atoms with Crippen molar-refractivity contribution in [1.29, 1.82) is 0 Å². The predicted molar refractivity (Wildman–Crippen MR) is 57.9 cm³/mol. The molecule has 0 aromatic carbocycles. The highest BCUT2D eigenvalue weighted by Crippen LogP contribution is 2.20.